The van der Waals surface area contributed by atoms with Crippen LogP contribution in [-0.4, -0.2) is 53.3 Å². The van der Waals surface area contributed by atoms with Crippen LogP contribution in [0.3, 0.4) is 0 Å². The van der Waals surface area contributed by atoms with E-state index in [2.05, 4.69) is 32.9 Å². The van der Waals surface area contributed by atoms with Crippen molar-refractivity contribution in [1.29, 1.82) is 0 Å². The number of hydrogen-bond donors (Lipinski definition) is 1. The SMILES string of the molecule is CCNC1CCOCC1CN1CCn2ccnc2C1. The van der Waals surface area contributed by atoms with Gasteiger partial charge in [0.25, 0.3) is 0 Å². The summed E-state index contributed by atoms with van der Waals surface area (Å²) in [5.74, 6) is 1.80. The predicted molar refractivity (Wildman–Crippen MR) is 73.9 cm³/mol. The fraction of sp³-hybridized carbons (Fsp3) is 0.786. The maximum absolute atomic E-state index is 5.67. The van der Waals surface area contributed by atoms with E-state index in [1.54, 1.807) is 0 Å². The molecular formula is C14H24N4O. The first-order valence-corrected chi connectivity index (χ1v) is 7.40. The molecule has 0 radical (unpaired) electrons. The van der Waals surface area contributed by atoms with Crippen molar-refractivity contribution in [3.8, 4) is 0 Å². The molecule has 1 aromatic rings. The zero-order valence-corrected chi connectivity index (χ0v) is 11.7. The first-order valence-electron chi connectivity index (χ1n) is 7.40. The molecule has 0 aromatic carbocycles. The molecule has 0 saturated carbocycles. The van der Waals surface area contributed by atoms with Crippen LogP contribution in [0.4, 0.5) is 0 Å². The van der Waals surface area contributed by atoms with Crippen LogP contribution in [0, 0.1) is 5.92 Å². The summed E-state index contributed by atoms with van der Waals surface area (Å²) >= 11 is 0. The molecule has 106 valence electrons. The van der Waals surface area contributed by atoms with Crippen molar-refractivity contribution in [2.45, 2.75) is 32.5 Å². The molecular weight excluding hydrogens is 240 g/mol. The number of fused-ring (bicyclic) bond motifs is 1. The molecule has 5 nitrogen and oxygen atoms in total. The Morgan fingerprint density at radius 2 is 2.42 bits per heavy atom. The molecule has 0 bridgehead atoms. The van der Waals surface area contributed by atoms with Crippen LogP contribution in [0.5, 0.6) is 0 Å². The monoisotopic (exact) mass is 264 g/mol. The minimum atomic E-state index is 0.607. The van der Waals surface area contributed by atoms with Crippen LogP contribution in [-0.2, 0) is 17.8 Å². The summed E-state index contributed by atoms with van der Waals surface area (Å²) in [6.07, 6.45) is 5.13. The molecule has 2 unspecified atom stereocenters. The van der Waals surface area contributed by atoms with Crippen molar-refractivity contribution >= 4 is 0 Å². The molecule has 19 heavy (non-hydrogen) atoms. The summed E-state index contributed by atoms with van der Waals surface area (Å²) in [6.45, 7) is 9.30. The quantitative estimate of drug-likeness (QED) is 0.870. The van der Waals surface area contributed by atoms with Gasteiger partial charge in [0.05, 0.1) is 13.2 Å². The Hall–Kier alpha value is -0.910. The Bertz CT molecular complexity index is 404. The Morgan fingerprint density at radius 1 is 1.47 bits per heavy atom. The highest BCUT2D eigenvalue weighted by atomic mass is 16.5. The largest absolute Gasteiger partial charge is 0.381 e. The first-order chi connectivity index (χ1) is 9.36. The molecule has 1 aromatic heterocycles. The Labute approximate surface area is 114 Å². The third-order valence-electron chi connectivity index (χ3n) is 4.26. The lowest BCUT2D eigenvalue weighted by Crippen LogP contribution is -2.48. The summed E-state index contributed by atoms with van der Waals surface area (Å²) in [5.41, 5.74) is 0. The molecule has 2 aliphatic rings. The highest BCUT2D eigenvalue weighted by Gasteiger charge is 2.28. The number of hydrogen-bond acceptors (Lipinski definition) is 4. The molecule has 3 heterocycles. The van der Waals surface area contributed by atoms with Gasteiger partial charge in [-0.2, -0.15) is 0 Å². The third-order valence-corrected chi connectivity index (χ3v) is 4.26. The minimum absolute atomic E-state index is 0.607. The van der Waals surface area contributed by atoms with E-state index in [0.29, 0.717) is 12.0 Å². The normalized spacial score (nSPS) is 28.3. The van der Waals surface area contributed by atoms with Crippen LogP contribution in [0.25, 0.3) is 0 Å². The van der Waals surface area contributed by atoms with E-state index < -0.39 is 0 Å². The first kappa shape index (κ1) is 13.1. The number of ether oxygens (including phenoxy) is 1. The Kier molecular flexibility index (Phi) is 4.15. The molecule has 1 saturated heterocycles. The highest BCUT2D eigenvalue weighted by Crippen LogP contribution is 2.19. The molecule has 2 atom stereocenters. The predicted octanol–water partition coefficient (Wildman–Crippen LogP) is 0.713. The second-order valence-electron chi connectivity index (χ2n) is 5.56. The summed E-state index contributed by atoms with van der Waals surface area (Å²) in [6, 6.07) is 0.612. The molecule has 1 N–H and O–H groups in total. The van der Waals surface area contributed by atoms with Gasteiger partial charge in [0.15, 0.2) is 0 Å². The lowest BCUT2D eigenvalue weighted by Gasteiger charge is -2.37. The minimum Gasteiger partial charge on any atom is -0.381 e. The van der Waals surface area contributed by atoms with Crippen molar-refractivity contribution in [3.63, 3.8) is 0 Å². The lowest BCUT2D eigenvalue weighted by atomic mass is 9.95. The van der Waals surface area contributed by atoms with Crippen molar-refractivity contribution in [1.82, 2.24) is 19.8 Å². The van der Waals surface area contributed by atoms with Crippen LogP contribution < -0.4 is 5.32 Å². The molecule has 0 spiro atoms. The van der Waals surface area contributed by atoms with Crippen molar-refractivity contribution in [2.24, 2.45) is 5.92 Å². The van der Waals surface area contributed by atoms with Crippen molar-refractivity contribution < 1.29 is 4.74 Å². The van der Waals surface area contributed by atoms with Gasteiger partial charge in [-0.3, -0.25) is 4.90 Å². The van der Waals surface area contributed by atoms with E-state index in [1.807, 2.05) is 6.20 Å². The van der Waals surface area contributed by atoms with E-state index in [0.717, 1.165) is 52.4 Å². The van der Waals surface area contributed by atoms with E-state index >= 15 is 0 Å². The van der Waals surface area contributed by atoms with Crippen molar-refractivity contribution in [2.75, 3.05) is 32.8 Å². The fourth-order valence-corrected chi connectivity index (χ4v) is 3.22. The maximum atomic E-state index is 5.67. The van der Waals surface area contributed by atoms with Crippen LogP contribution >= 0.6 is 0 Å². The second-order valence-corrected chi connectivity index (χ2v) is 5.56. The number of nitrogens with zero attached hydrogens (tertiary/aromatic N) is 3. The maximum Gasteiger partial charge on any atom is 0.122 e. The van der Waals surface area contributed by atoms with E-state index in [4.69, 9.17) is 4.74 Å². The lowest BCUT2D eigenvalue weighted by molar-refractivity contribution is 0.0130. The summed E-state index contributed by atoms with van der Waals surface area (Å²) in [7, 11) is 0. The third kappa shape index (κ3) is 2.99. The van der Waals surface area contributed by atoms with E-state index in [1.165, 1.54) is 5.82 Å². The highest BCUT2D eigenvalue weighted by molar-refractivity contribution is 4.96. The number of aromatic nitrogens is 2. The average molecular weight is 264 g/mol. The standard InChI is InChI=1S/C14H24N4O/c1-2-15-13-3-8-19-11-12(13)9-17-6-7-18-5-4-16-14(18)10-17/h4-5,12-13,15H,2-3,6-11H2,1H3. The van der Waals surface area contributed by atoms with Crippen LogP contribution in [0.15, 0.2) is 12.4 Å². The van der Waals surface area contributed by atoms with Gasteiger partial charge in [-0.1, -0.05) is 6.92 Å². The Balaban J connectivity index is 1.58. The van der Waals surface area contributed by atoms with Gasteiger partial charge in [0.1, 0.15) is 5.82 Å². The van der Waals surface area contributed by atoms with Gasteiger partial charge in [-0.05, 0) is 13.0 Å². The summed E-state index contributed by atoms with van der Waals surface area (Å²) in [4.78, 5) is 6.95. The zero-order valence-electron chi connectivity index (χ0n) is 11.7. The molecule has 2 aliphatic heterocycles. The van der Waals surface area contributed by atoms with Gasteiger partial charge >= 0.3 is 0 Å². The summed E-state index contributed by atoms with van der Waals surface area (Å²) < 4.78 is 7.93. The molecule has 0 amide bonds. The second kappa shape index (κ2) is 6.03. The van der Waals surface area contributed by atoms with Gasteiger partial charge in [0.2, 0.25) is 0 Å². The molecule has 0 aliphatic carbocycles. The number of nitrogens with one attached hydrogen (secondary N) is 1. The smallest absolute Gasteiger partial charge is 0.122 e. The van der Waals surface area contributed by atoms with Gasteiger partial charge in [-0.15, -0.1) is 0 Å². The Morgan fingerprint density at radius 3 is 3.32 bits per heavy atom. The van der Waals surface area contributed by atoms with Gasteiger partial charge in [-0.25, -0.2) is 4.98 Å². The summed E-state index contributed by atoms with van der Waals surface area (Å²) in [5, 5.41) is 3.61. The zero-order chi connectivity index (χ0) is 13.1. The number of imidazole rings is 1. The van der Waals surface area contributed by atoms with E-state index in [-0.39, 0.29) is 0 Å². The van der Waals surface area contributed by atoms with Crippen LogP contribution in [0.1, 0.15) is 19.2 Å². The molecule has 3 rings (SSSR count). The topological polar surface area (TPSA) is 42.3 Å². The molecule has 1 fully saturated rings. The number of rotatable bonds is 4. The molecule has 5 heteroatoms. The van der Waals surface area contributed by atoms with Crippen molar-refractivity contribution in [3.05, 3.63) is 18.2 Å². The van der Waals surface area contributed by atoms with Gasteiger partial charge < -0.3 is 14.6 Å². The van der Waals surface area contributed by atoms with Gasteiger partial charge in [0, 0.05) is 50.6 Å². The van der Waals surface area contributed by atoms with Crippen LogP contribution in [0.2, 0.25) is 0 Å². The fourth-order valence-electron chi connectivity index (χ4n) is 3.22. The average Bonchev–Trinajstić information content (AvgIpc) is 2.89. The van der Waals surface area contributed by atoms with E-state index in [9.17, 15) is 0 Å².